The molecule has 0 atom stereocenters. The molecule has 0 radical (unpaired) electrons. The number of nitrogens with zero attached hydrogens (tertiary/aromatic N) is 2. The maximum Gasteiger partial charge on any atom is 0.124 e. The second kappa shape index (κ2) is 7.56. The third-order valence-corrected chi connectivity index (χ3v) is 3.91. The van der Waals surface area contributed by atoms with Gasteiger partial charge in [-0.05, 0) is 31.5 Å². The van der Waals surface area contributed by atoms with Crippen molar-refractivity contribution in [2.24, 2.45) is 0 Å². The summed E-state index contributed by atoms with van der Waals surface area (Å²) in [6.45, 7) is 9.18. The van der Waals surface area contributed by atoms with E-state index in [1.807, 2.05) is 0 Å². The molecule has 0 amide bonds. The number of rotatable bonds is 3. The molecule has 0 unspecified atom stereocenters. The average molecular weight is 290 g/mol. The summed E-state index contributed by atoms with van der Waals surface area (Å²) in [7, 11) is 0. The zero-order valence-corrected chi connectivity index (χ0v) is 12.8. The fourth-order valence-electron chi connectivity index (χ4n) is 2.62. The predicted molar refractivity (Wildman–Crippen MR) is 82.3 cm³/mol. The lowest BCUT2D eigenvalue weighted by atomic mass is 10.1. The zero-order chi connectivity index (χ0) is 15.2. The molecule has 1 aliphatic heterocycles. The van der Waals surface area contributed by atoms with Crippen LogP contribution in [0.15, 0.2) is 18.2 Å². The van der Waals surface area contributed by atoms with Crippen LogP contribution in [-0.4, -0.2) is 53.7 Å². The minimum absolute atomic E-state index is 0.205. The Kier molecular flexibility index (Phi) is 5.75. The standard InChI is InChI=1S/C17H23FN2O/c1-14(2)20-9-7-19(8-10-20)13-16-5-6-17(18)12-15(16)4-3-11-21/h5-6,12,14,21H,7-11,13H2,1-2H3. The lowest BCUT2D eigenvalue weighted by Gasteiger charge is -2.37. The fraction of sp³-hybridized carbons (Fsp3) is 0.529. The van der Waals surface area contributed by atoms with Gasteiger partial charge in [0.25, 0.3) is 0 Å². The Hall–Kier alpha value is -1.41. The van der Waals surface area contributed by atoms with Crippen LogP contribution in [0.5, 0.6) is 0 Å². The molecule has 0 saturated carbocycles. The molecule has 1 aromatic rings. The van der Waals surface area contributed by atoms with Gasteiger partial charge in [-0.25, -0.2) is 4.39 Å². The van der Waals surface area contributed by atoms with Crippen molar-refractivity contribution >= 4 is 0 Å². The lowest BCUT2D eigenvalue weighted by Crippen LogP contribution is -2.48. The van der Waals surface area contributed by atoms with Gasteiger partial charge in [-0.1, -0.05) is 17.9 Å². The van der Waals surface area contributed by atoms with Gasteiger partial charge in [-0.15, -0.1) is 0 Å². The van der Waals surface area contributed by atoms with Crippen LogP contribution in [-0.2, 0) is 6.54 Å². The van der Waals surface area contributed by atoms with Gasteiger partial charge in [-0.2, -0.15) is 0 Å². The number of piperazine rings is 1. The summed E-state index contributed by atoms with van der Waals surface area (Å²) < 4.78 is 13.3. The number of hydrogen-bond donors (Lipinski definition) is 1. The largest absolute Gasteiger partial charge is 0.384 e. The van der Waals surface area contributed by atoms with Gasteiger partial charge in [0.1, 0.15) is 12.4 Å². The summed E-state index contributed by atoms with van der Waals surface area (Å²) in [4.78, 5) is 4.84. The SMILES string of the molecule is CC(C)N1CCN(Cc2ccc(F)cc2C#CCO)CC1. The monoisotopic (exact) mass is 290 g/mol. The van der Waals surface area contributed by atoms with Crippen molar-refractivity contribution in [1.82, 2.24) is 9.80 Å². The van der Waals surface area contributed by atoms with E-state index >= 15 is 0 Å². The lowest BCUT2D eigenvalue weighted by molar-refractivity contribution is 0.104. The van der Waals surface area contributed by atoms with Crippen LogP contribution in [0.2, 0.25) is 0 Å². The summed E-state index contributed by atoms with van der Waals surface area (Å²) in [6, 6.07) is 5.31. The van der Waals surface area contributed by atoms with Crippen molar-refractivity contribution in [2.45, 2.75) is 26.4 Å². The summed E-state index contributed by atoms with van der Waals surface area (Å²) in [5.41, 5.74) is 1.70. The molecule has 0 spiro atoms. The second-order valence-electron chi connectivity index (χ2n) is 5.67. The van der Waals surface area contributed by atoms with E-state index in [0.29, 0.717) is 11.6 Å². The Morgan fingerprint density at radius 2 is 1.95 bits per heavy atom. The summed E-state index contributed by atoms with van der Waals surface area (Å²) >= 11 is 0. The minimum atomic E-state index is -0.286. The highest BCUT2D eigenvalue weighted by molar-refractivity contribution is 5.41. The number of benzene rings is 1. The highest BCUT2D eigenvalue weighted by Gasteiger charge is 2.19. The van der Waals surface area contributed by atoms with Gasteiger partial charge in [0.2, 0.25) is 0 Å². The van der Waals surface area contributed by atoms with Crippen LogP contribution < -0.4 is 0 Å². The highest BCUT2D eigenvalue weighted by atomic mass is 19.1. The van der Waals surface area contributed by atoms with Gasteiger partial charge in [0.15, 0.2) is 0 Å². The van der Waals surface area contributed by atoms with E-state index < -0.39 is 0 Å². The first kappa shape index (κ1) is 16.0. The molecule has 4 heteroatoms. The summed E-state index contributed by atoms with van der Waals surface area (Å²) in [5.74, 6) is 5.16. The maximum absolute atomic E-state index is 13.3. The van der Waals surface area contributed by atoms with Crippen molar-refractivity contribution in [3.63, 3.8) is 0 Å². The quantitative estimate of drug-likeness (QED) is 0.858. The molecule has 0 aromatic heterocycles. The molecule has 1 aliphatic rings. The fourth-order valence-corrected chi connectivity index (χ4v) is 2.62. The van der Waals surface area contributed by atoms with Crippen LogP contribution in [0, 0.1) is 17.7 Å². The van der Waals surface area contributed by atoms with Crippen molar-refractivity contribution in [3.8, 4) is 11.8 Å². The molecule has 0 aliphatic carbocycles. The number of aliphatic hydroxyl groups is 1. The Labute approximate surface area is 126 Å². The first-order valence-corrected chi connectivity index (χ1v) is 7.44. The molecule has 1 aromatic carbocycles. The molecular weight excluding hydrogens is 267 g/mol. The topological polar surface area (TPSA) is 26.7 Å². The zero-order valence-electron chi connectivity index (χ0n) is 12.8. The average Bonchev–Trinajstić information content (AvgIpc) is 2.48. The van der Waals surface area contributed by atoms with E-state index in [4.69, 9.17) is 5.11 Å². The van der Waals surface area contributed by atoms with Crippen LogP contribution in [0.3, 0.4) is 0 Å². The maximum atomic E-state index is 13.3. The molecule has 3 nitrogen and oxygen atoms in total. The predicted octanol–water partition coefficient (Wildman–Crippen LogP) is 1.70. The Balaban J connectivity index is 2.03. The van der Waals surface area contributed by atoms with Crippen molar-refractivity contribution < 1.29 is 9.50 Å². The Morgan fingerprint density at radius 1 is 1.24 bits per heavy atom. The molecule has 1 fully saturated rings. The molecular formula is C17H23FN2O. The summed E-state index contributed by atoms with van der Waals surface area (Å²) in [6.07, 6.45) is 0. The third kappa shape index (κ3) is 4.53. The van der Waals surface area contributed by atoms with Crippen LogP contribution in [0.4, 0.5) is 4.39 Å². The molecule has 114 valence electrons. The third-order valence-electron chi connectivity index (χ3n) is 3.91. The van der Waals surface area contributed by atoms with E-state index in [1.165, 1.54) is 12.1 Å². The second-order valence-corrected chi connectivity index (χ2v) is 5.67. The van der Waals surface area contributed by atoms with Gasteiger partial charge >= 0.3 is 0 Å². The van der Waals surface area contributed by atoms with Crippen molar-refractivity contribution in [3.05, 3.63) is 35.1 Å². The van der Waals surface area contributed by atoms with Gasteiger partial charge in [0.05, 0.1) is 0 Å². The van der Waals surface area contributed by atoms with Gasteiger partial charge in [0, 0.05) is 44.3 Å². The summed E-state index contributed by atoms with van der Waals surface area (Å²) in [5, 5.41) is 8.81. The number of aliphatic hydroxyl groups excluding tert-OH is 1. The molecule has 0 bridgehead atoms. The van der Waals surface area contributed by atoms with E-state index in [-0.39, 0.29) is 12.4 Å². The van der Waals surface area contributed by atoms with Crippen LogP contribution in [0.25, 0.3) is 0 Å². The highest BCUT2D eigenvalue weighted by Crippen LogP contribution is 2.15. The number of halogens is 1. The van der Waals surface area contributed by atoms with E-state index in [9.17, 15) is 4.39 Å². The first-order chi connectivity index (χ1) is 10.1. The smallest absolute Gasteiger partial charge is 0.124 e. The molecule has 1 N–H and O–H groups in total. The van der Waals surface area contributed by atoms with E-state index in [1.54, 1.807) is 6.07 Å². The van der Waals surface area contributed by atoms with Crippen LogP contribution >= 0.6 is 0 Å². The minimum Gasteiger partial charge on any atom is -0.384 e. The van der Waals surface area contributed by atoms with E-state index in [0.717, 1.165) is 38.3 Å². The van der Waals surface area contributed by atoms with Crippen LogP contribution in [0.1, 0.15) is 25.0 Å². The van der Waals surface area contributed by atoms with Crippen molar-refractivity contribution in [2.75, 3.05) is 32.8 Å². The Morgan fingerprint density at radius 3 is 2.57 bits per heavy atom. The molecule has 2 rings (SSSR count). The van der Waals surface area contributed by atoms with E-state index in [2.05, 4.69) is 35.5 Å². The normalized spacial score (nSPS) is 16.8. The molecule has 1 heterocycles. The first-order valence-electron chi connectivity index (χ1n) is 7.44. The molecule has 21 heavy (non-hydrogen) atoms. The van der Waals surface area contributed by atoms with Crippen molar-refractivity contribution in [1.29, 1.82) is 0 Å². The Bertz CT molecular complexity index is 525. The molecule has 1 saturated heterocycles. The number of hydrogen-bond acceptors (Lipinski definition) is 3. The van der Waals surface area contributed by atoms with Gasteiger partial charge < -0.3 is 5.11 Å². The van der Waals surface area contributed by atoms with Gasteiger partial charge in [-0.3, -0.25) is 9.80 Å².